The molecule has 2 rings (SSSR count). The third kappa shape index (κ3) is 2.23. The van der Waals surface area contributed by atoms with Crippen LogP contribution in [0, 0.1) is 5.82 Å². The Balaban J connectivity index is 2.43. The molecule has 2 aromatic rings. The first-order valence-corrected chi connectivity index (χ1v) is 4.96. The predicted octanol–water partition coefficient (Wildman–Crippen LogP) is 0.814. The second kappa shape index (κ2) is 4.46. The molecule has 2 heterocycles. The molecule has 1 N–H and O–H groups in total. The van der Waals surface area contributed by atoms with Crippen LogP contribution in [0.4, 0.5) is 4.39 Å². The van der Waals surface area contributed by atoms with Gasteiger partial charge < -0.3 is 5.32 Å². The topological polar surface area (TPSA) is 72.7 Å². The Morgan fingerprint density at radius 2 is 2.35 bits per heavy atom. The summed E-state index contributed by atoms with van der Waals surface area (Å²) in [7, 11) is 1.48. The highest BCUT2D eigenvalue weighted by atomic mass is 35.5. The summed E-state index contributed by atoms with van der Waals surface area (Å²) >= 11 is 5.55. The monoisotopic (exact) mass is 255 g/mol. The average Bonchev–Trinajstić information content (AvgIpc) is 2.80. The number of hydrogen-bond donors (Lipinski definition) is 1. The summed E-state index contributed by atoms with van der Waals surface area (Å²) in [6.07, 6.45) is 2.35. The molecule has 0 atom stereocenters. The predicted molar refractivity (Wildman–Crippen MR) is 57.5 cm³/mol. The van der Waals surface area contributed by atoms with Crippen molar-refractivity contribution in [3.8, 4) is 5.82 Å². The second-order valence-electron chi connectivity index (χ2n) is 3.04. The number of hydrogen-bond acceptors (Lipinski definition) is 4. The van der Waals surface area contributed by atoms with Gasteiger partial charge in [-0.2, -0.15) is 10.1 Å². The van der Waals surface area contributed by atoms with E-state index in [0.717, 1.165) is 10.9 Å². The Morgan fingerprint density at radius 3 is 3.06 bits per heavy atom. The number of carbonyl (C=O) groups excluding carboxylic acids is 1. The van der Waals surface area contributed by atoms with Crippen LogP contribution in [0.3, 0.4) is 0 Å². The van der Waals surface area contributed by atoms with Crippen molar-refractivity contribution in [1.82, 2.24) is 25.1 Å². The van der Waals surface area contributed by atoms with Gasteiger partial charge in [0, 0.05) is 13.2 Å². The molecule has 0 bridgehead atoms. The molecular formula is C9H7ClFN5O. The zero-order chi connectivity index (χ0) is 12.4. The lowest BCUT2D eigenvalue weighted by atomic mass is 10.4. The van der Waals surface area contributed by atoms with E-state index in [1.54, 1.807) is 0 Å². The fourth-order valence-electron chi connectivity index (χ4n) is 1.19. The Morgan fingerprint density at radius 1 is 1.59 bits per heavy atom. The second-order valence-corrected chi connectivity index (χ2v) is 3.37. The van der Waals surface area contributed by atoms with Crippen LogP contribution < -0.4 is 5.32 Å². The molecule has 0 aliphatic heterocycles. The van der Waals surface area contributed by atoms with Crippen molar-refractivity contribution in [2.24, 2.45) is 0 Å². The molecule has 6 nitrogen and oxygen atoms in total. The van der Waals surface area contributed by atoms with Crippen LogP contribution >= 0.6 is 11.6 Å². The number of amides is 1. The summed E-state index contributed by atoms with van der Waals surface area (Å²) in [6.45, 7) is 0. The van der Waals surface area contributed by atoms with Gasteiger partial charge >= 0.3 is 0 Å². The first-order valence-electron chi connectivity index (χ1n) is 4.58. The van der Waals surface area contributed by atoms with Crippen LogP contribution in [0.5, 0.6) is 0 Å². The molecule has 0 spiro atoms. The lowest BCUT2D eigenvalue weighted by Crippen LogP contribution is -2.18. The molecule has 2 aromatic heterocycles. The number of halogens is 2. The number of nitrogens with zero attached hydrogens (tertiary/aromatic N) is 4. The quantitative estimate of drug-likeness (QED) is 0.806. The van der Waals surface area contributed by atoms with Crippen molar-refractivity contribution in [2.75, 3.05) is 7.05 Å². The van der Waals surface area contributed by atoms with Crippen LogP contribution in [0.1, 0.15) is 10.5 Å². The Labute approximate surface area is 100 Å². The molecule has 0 aliphatic rings. The van der Waals surface area contributed by atoms with Gasteiger partial charge in [-0.1, -0.05) is 0 Å². The maximum Gasteiger partial charge on any atom is 0.271 e. The van der Waals surface area contributed by atoms with Crippen LogP contribution in [-0.2, 0) is 0 Å². The normalized spacial score (nSPS) is 10.3. The molecule has 0 saturated heterocycles. The summed E-state index contributed by atoms with van der Waals surface area (Å²) < 4.78 is 14.5. The van der Waals surface area contributed by atoms with E-state index < -0.39 is 5.82 Å². The van der Waals surface area contributed by atoms with Gasteiger partial charge in [-0.25, -0.2) is 14.1 Å². The van der Waals surface area contributed by atoms with Gasteiger partial charge in [0.15, 0.2) is 17.3 Å². The van der Waals surface area contributed by atoms with Crippen molar-refractivity contribution >= 4 is 17.5 Å². The minimum atomic E-state index is -0.680. The molecule has 1 amide bonds. The summed E-state index contributed by atoms with van der Waals surface area (Å²) in [4.78, 5) is 18.4. The lowest BCUT2D eigenvalue weighted by molar-refractivity contribution is 0.0957. The van der Waals surface area contributed by atoms with Crippen LogP contribution in [0.25, 0.3) is 5.82 Å². The third-order valence-electron chi connectivity index (χ3n) is 1.96. The van der Waals surface area contributed by atoms with Gasteiger partial charge in [0.25, 0.3) is 5.91 Å². The van der Waals surface area contributed by atoms with Crippen LogP contribution in [0.2, 0.25) is 5.28 Å². The van der Waals surface area contributed by atoms with Gasteiger partial charge in [-0.3, -0.25) is 4.79 Å². The van der Waals surface area contributed by atoms with E-state index in [1.165, 1.54) is 19.3 Å². The van der Waals surface area contributed by atoms with Crippen LogP contribution in [0.15, 0.2) is 18.5 Å². The Kier molecular flexibility index (Phi) is 3.01. The number of aromatic nitrogens is 4. The number of carbonyl (C=O) groups is 1. The Hall–Kier alpha value is -2.02. The highest BCUT2D eigenvalue weighted by Gasteiger charge is 2.12. The number of nitrogens with one attached hydrogen (secondary N) is 1. The molecule has 0 fully saturated rings. The van der Waals surface area contributed by atoms with E-state index >= 15 is 0 Å². The molecule has 0 radical (unpaired) electrons. The first kappa shape index (κ1) is 11.5. The van der Waals surface area contributed by atoms with E-state index in [-0.39, 0.29) is 22.7 Å². The smallest absolute Gasteiger partial charge is 0.271 e. The lowest BCUT2D eigenvalue weighted by Gasteiger charge is -2.01. The summed E-state index contributed by atoms with van der Waals surface area (Å²) in [5.41, 5.74) is 0.154. The number of rotatable bonds is 2. The van der Waals surface area contributed by atoms with Crippen molar-refractivity contribution in [1.29, 1.82) is 0 Å². The molecule has 0 saturated carbocycles. The Bertz CT molecular complexity index is 570. The molecule has 17 heavy (non-hydrogen) atoms. The fraction of sp³-hybridized carbons (Fsp3) is 0.111. The maximum atomic E-state index is 13.4. The van der Waals surface area contributed by atoms with E-state index in [0.29, 0.717) is 0 Å². The SMILES string of the molecule is CNC(=O)c1ccn(-c2nc(Cl)ncc2F)n1. The molecule has 8 heteroatoms. The molecule has 0 unspecified atom stereocenters. The zero-order valence-corrected chi connectivity index (χ0v) is 9.44. The summed E-state index contributed by atoms with van der Waals surface area (Å²) in [6, 6.07) is 1.44. The van der Waals surface area contributed by atoms with Gasteiger partial charge in [-0.05, 0) is 17.7 Å². The van der Waals surface area contributed by atoms with Crippen molar-refractivity contribution in [3.05, 3.63) is 35.3 Å². The van der Waals surface area contributed by atoms with Crippen LogP contribution in [-0.4, -0.2) is 32.7 Å². The van der Waals surface area contributed by atoms with Gasteiger partial charge in [-0.15, -0.1) is 0 Å². The first-order chi connectivity index (χ1) is 8.11. The molecule has 0 aromatic carbocycles. The average molecular weight is 256 g/mol. The standard InChI is InChI=1S/C9H7ClFN5O/c1-12-8(17)6-2-3-16(15-6)7-5(11)4-13-9(10)14-7/h2-4H,1H3,(H,12,17). The summed E-state index contributed by atoms with van der Waals surface area (Å²) in [5.74, 6) is -1.16. The molecule has 88 valence electrons. The molecule has 0 aliphatic carbocycles. The van der Waals surface area contributed by atoms with Gasteiger partial charge in [0.05, 0.1) is 6.20 Å². The highest BCUT2D eigenvalue weighted by Crippen LogP contribution is 2.11. The largest absolute Gasteiger partial charge is 0.354 e. The third-order valence-corrected chi connectivity index (χ3v) is 2.14. The van der Waals surface area contributed by atoms with Crippen molar-refractivity contribution < 1.29 is 9.18 Å². The molecular weight excluding hydrogens is 249 g/mol. The minimum Gasteiger partial charge on any atom is -0.354 e. The fourth-order valence-corrected chi connectivity index (χ4v) is 1.32. The zero-order valence-electron chi connectivity index (χ0n) is 8.69. The minimum absolute atomic E-state index is 0.0987. The van der Waals surface area contributed by atoms with Crippen molar-refractivity contribution in [3.63, 3.8) is 0 Å². The van der Waals surface area contributed by atoms with Crippen molar-refractivity contribution in [2.45, 2.75) is 0 Å². The van der Waals surface area contributed by atoms with E-state index in [4.69, 9.17) is 11.6 Å². The highest BCUT2D eigenvalue weighted by molar-refractivity contribution is 6.28. The van der Waals surface area contributed by atoms with Gasteiger partial charge in [0.1, 0.15) is 0 Å². The van der Waals surface area contributed by atoms with E-state index in [1.807, 2.05) is 0 Å². The van der Waals surface area contributed by atoms with E-state index in [9.17, 15) is 9.18 Å². The summed E-state index contributed by atoms with van der Waals surface area (Å²) in [5, 5.41) is 6.17. The van der Waals surface area contributed by atoms with E-state index in [2.05, 4.69) is 20.4 Å². The maximum absolute atomic E-state index is 13.4. The van der Waals surface area contributed by atoms with Gasteiger partial charge in [0.2, 0.25) is 5.28 Å².